The Bertz CT molecular complexity index is 612. The van der Waals surface area contributed by atoms with Gasteiger partial charge in [-0.2, -0.15) is 5.10 Å². The predicted octanol–water partition coefficient (Wildman–Crippen LogP) is 1.20. The number of rotatable bonds is 2. The highest BCUT2D eigenvalue weighted by atomic mass is 19.1. The van der Waals surface area contributed by atoms with E-state index < -0.39 is 12.1 Å². The van der Waals surface area contributed by atoms with Gasteiger partial charge in [0.05, 0.1) is 17.5 Å². The minimum Gasteiger partial charge on any atom is -0.478 e. The molecule has 2 aromatic rings. The van der Waals surface area contributed by atoms with E-state index in [2.05, 4.69) is 15.2 Å². The summed E-state index contributed by atoms with van der Waals surface area (Å²) in [7, 11) is 0. The number of hydrogen-bond donors (Lipinski definition) is 2. The number of H-pyrrole nitrogens is 1. The Labute approximate surface area is 101 Å². The van der Waals surface area contributed by atoms with Crippen LogP contribution in [-0.2, 0) is 0 Å². The van der Waals surface area contributed by atoms with E-state index in [-0.39, 0.29) is 12.1 Å². The first-order valence-corrected chi connectivity index (χ1v) is 5.61. The van der Waals surface area contributed by atoms with Crippen molar-refractivity contribution in [2.45, 2.75) is 12.6 Å². The van der Waals surface area contributed by atoms with Crippen molar-refractivity contribution < 1.29 is 14.3 Å². The summed E-state index contributed by atoms with van der Waals surface area (Å²) in [6.07, 6.45) is 0.891. The number of pyridine rings is 1. The number of carboxylic acids is 1. The first-order chi connectivity index (χ1) is 8.65. The molecule has 0 aliphatic carbocycles. The number of halogens is 1. The number of fused-ring (bicyclic) bond motifs is 1. The van der Waals surface area contributed by atoms with Crippen molar-refractivity contribution in [2.24, 2.45) is 0 Å². The second-order valence-electron chi connectivity index (χ2n) is 4.30. The lowest BCUT2D eigenvalue weighted by molar-refractivity contribution is 0.0696. The monoisotopic (exact) mass is 250 g/mol. The SMILES string of the molecule is O=C(O)c1cnc2[nH]nc(N3CC[C@H](F)C3)c2c1. The maximum absolute atomic E-state index is 13.2. The number of nitrogens with one attached hydrogen (secondary N) is 1. The molecule has 1 aliphatic rings. The van der Waals surface area contributed by atoms with Crippen LogP contribution in [0.1, 0.15) is 16.8 Å². The lowest BCUT2D eigenvalue weighted by Crippen LogP contribution is -2.20. The van der Waals surface area contributed by atoms with Gasteiger partial charge in [0.2, 0.25) is 0 Å². The third-order valence-electron chi connectivity index (χ3n) is 3.07. The predicted molar refractivity (Wildman–Crippen MR) is 62.6 cm³/mol. The van der Waals surface area contributed by atoms with Gasteiger partial charge in [-0.25, -0.2) is 14.2 Å². The quantitative estimate of drug-likeness (QED) is 0.837. The molecule has 1 aliphatic heterocycles. The van der Waals surface area contributed by atoms with Gasteiger partial charge in [-0.05, 0) is 12.5 Å². The van der Waals surface area contributed by atoms with Crippen LogP contribution in [0.5, 0.6) is 0 Å². The molecule has 18 heavy (non-hydrogen) atoms. The number of carbonyl (C=O) groups is 1. The lowest BCUT2D eigenvalue weighted by atomic mass is 10.2. The maximum Gasteiger partial charge on any atom is 0.337 e. The Hall–Kier alpha value is -2.18. The summed E-state index contributed by atoms with van der Waals surface area (Å²) in [6, 6.07) is 1.51. The normalized spacial score (nSPS) is 19.6. The zero-order valence-corrected chi connectivity index (χ0v) is 9.43. The molecule has 0 radical (unpaired) electrons. The molecule has 0 saturated carbocycles. The molecule has 3 rings (SSSR count). The standard InChI is InChI=1S/C11H11FN4O2/c12-7-1-2-16(5-7)10-8-3-6(11(17)18)4-13-9(8)14-15-10/h3-4,7H,1-2,5H2,(H,17,18)(H,13,14,15)/t7-/m0/s1. The minimum absolute atomic E-state index is 0.0983. The number of aromatic nitrogens is 3. The van der Waals surface area contributed by atoms with E-state index in [0.717, 1.165) is 0 Å². The zero-order valence-electron chi connectivity index (χ0n) is 9.43. The van der Waals surface area contributed by atoms with Crippen LogP contribution < -0.4 is 4.90 Å². The van der Waals surface area contributed by atoms with Crippen LogP contribution in [0, 0.1) is 0 Å². The molecule has 1 atom stereocenters. The van der Waals surface area contributed by atoms with E-state index in [4.69, 9.17) is 5.11 Å². The Morgan fingerprint density at radius 3 is 3.11 bits per heavy atom. The Kier molecular flexibility index (Phi) is 2.39. The molecule has 0 aromatic carbocycles. The second-order valence-corrected chi connectivity index (χ2v) is 4.30. The van der Waals surface area contributed by atoms with E-state index >= 15 is 0 Å². The summed E-state index contributed by atoms with van der Waals surface area (Å²) in [5, 5.41) is 16.4. The molecule has 0 unspecified atom stereocenters. The molecule has 2 aromatic heterocycles. The summed E-state index contributed by atoms with van der Waals surface area (Å²) in [4.78, 5) is 16.7. The molecule has 1 fully saturated rings. The highest BCUT2D eigenvalue weighted by Gasteiger charge is 2.25. The van der Waals surface area contributed by atoms with Gasteiger partial charge in [0.25, 0.3) is 0 Å². The summed E-state index contributed by atoms with van der Waals surface area (Å²) < 4.78 is 13.2. The summed E-state index contributed by atoms with van der Waals surface area (Å²) in [5.41, 5.74) is 0.610. The molecule has 3 heterocycles. The fourth-order valence-corrected chi connectivity index (χ4v) is 2.16. The number of anilines is 1. The third kappa shape index (κ3) is 1.68. The Balaban J connectivity index is 2.06. The van der Waals surface area contributed by atoms with Gasteiger partial charge < -0.3 is 10.0 Å². The van der Waals surface area contributed by atoms with Gasteiger partial charge in [0.15, 0.2) is 11.5 Å². The maximum atomic E-state index is 13.2. The number of aromatic amines is 1. The summed E-state index contributed by atoms with van der Waals surface area (Å²) >= 11 is 0. The highest BCUT2D eigenvalue weighted by molar-refractivity contribution is 5.95. The van der Waals surface area contributed by atoms with Crippen LogP contribution in [0.15, 0.2) is 12.3 Å². The van der Waals surface area contributed by atoms with Gasteiger partial charge in [0.1, 0.15) is 6.17 Å². The van der Waals surface area contributed by atoms with Crippen molar-refractivity contribution in [1.29, 1.82) is 0 Å². The zero-order chi connectivity index (χ0) is 12.7. The summed E-state index contributed by atoms with van der Waals surface area (Å²) in [5.74, 6) is -0.470. The van der Waals surface area contributed by atoms with Crippen LogP contribution in [0.2, 0.25) is 0 Å². The van der Waals surface area contributed by atoms with Crippen molar-refractivity contribution in [1.82, 2.24) is 15.2 Å². The minimum atomic E-state index is -1.04. The van der Waals surface area contributed by atoms with Crippen molar-refractivity contribution in [3.63, 3.8) is 0 Å². The molecule has 0 spiro atoms. The molecule has 1 saturated heterocycles. The van der Waals surface area contributed by atoms with E-state index in [1.165, 1.54) is 12.3 Å². The molecule has 6 nitrogen and oxygen atoms in total. The van der Waals surface area contributed by atoms with Crippen molar-refractivity contribution in [3.8, 4) is 0 Å². The Morgan fingerprint density at radius 2 is 2.44 bits per heavy atom. The molecular weight excluding hydrogens is 239 g/mol. The Morgan fingerprint density at radius 1 is 1.61 bits per heavy atom. The van der Waals surface area contributed by atoms with Gasteiger partial charge in [-0.1, -0.05) is 0 Å². The number of hydrogen-bond acceptors (Lipinski definition) is 4. The van der Waals surface area contributed by atoms with Crippen LogP contribution in [-0.4, -0.2) is 45.5 Å². The van der Waals surface area contributed by atoms with E-state index in [9.17, 15) is 9.18 Å². The molecular formula is C11H11FN4O2. The number of aromatic carboxylic acids is 1. The molecule has 0 bridgehead atoms. The highest BCUT2D eigenvalue weighted by Crippen LogP contribution is 2.27. The van der Waals surface area contributed by atoms with Gasteiger partial charge >= 0.3 is 5.97 Å². The van der Waals surface area contributed by atoms with Gasteiger partial charge in [-0.15, -0.1) is 0 Å². The summed E-state index contributed by atoms with van der Waals surface area (Å²) in [6.45, 7) is 0.871. The van der Waals surface area contributed by atoms with Crippen LogP contribution in [0.4, 0.5) is 10.2 Å². The molecule has 0 amide bonds. The molecule has 7 heteroatoms. The van der Waals surface area contributed by atoms with Crippen LogP contribution >= 0.6 is 0 Å². The molecule has 2 N–H and O–H groups in total. The topological polar surface area (TPSA) is 82.1 Å². The van der Waals surface area contributed by atoms with E-state index in [0.29, 0.717) is 29.8 Å². The van der Waals surface area contributed by atoms with Crippen molar-refractivity contribution in [2.75, 3.05) is 18.0 Å². The van der Waals surface area contributed by atoms with Crippen LogP contribution in [0.25, 0.3) is 11.0 Å². The fourth-order valence-electron chi connectivity index (χ4n) is 2.16. The number of alkyl halides is 1. The van der Waals surface area contributed by atoms with Gasteiger partial charge in [-0.3, -0.25) is 5.10 Å². The third-order valence-corrected chi connectivity index (χ3v) is 3.07. The first kappa shape index (κ1) is 10.9. The average molecular weight is 250 g/mol. The first-order valence-electron chi connectivity index (χ1n) is 5.61. The van der Waals surface area contributed by atoms with Crippen molar-refractivity contribution >= 4 is 22.8 Å². The number of carboxylic acid groups (broad SMARTS) is 1. The van der Waals surface area contributed by atoms with E-state index in [1.54, 1.807) is 4.90 Å². The average Bonchev–Trinajstić information content (AvgIpc) is 2.93. The second kappa shape index (κ2) is 3.94. The molecule has 94 valence electrons. The van der Waals surface area contributed by atoms with Crippen LogP contribution in [0.3, 0.4) is 0 Å². The van der Waals surface area contributed by atoms with E-state index in [1.807, 2.05) is 0 Å². The smallest absolute Gasteiger partial charge is 0.337 e. The largest absolute Gasteiger partial charge is 0.478 e. The fraction of sp³-hybridized carbons (Fsp3) is 0.364. The lowest BCUT2D eigenvalue weighted by Gasteiger charge is -2.13. The number of nitrogens with zero attached hydrogens (tertiary/aromatic N) is 3. The van der Waals surface area contributed by atoms with Crippen molar-refractivity contribution in [3.05, 3.63) is 17.8 Å². The van der Waals surface area contributed by atoms with Gasteiger partial charge in [0, 0.05) is 12.7 Å².